The molecule has 0 fully saturated rings. The van der Waals surface area contributed by atoms with E-state index < -0.39 is 5.91 Å². The number of hydrogen-bond acceptors (Lipinski definition) is 2. The molecule has 0 radical (unpaired) electrons. The Morgan fingerprint density at radius 1 is 1.39 bits per heavy atom. The Balaban J connectivity index is 1.92. The first-order chi connectivity index (χ1) is 11.0. The summed E-state index contributed by atoms with van der Waals surface area (Å²) >= 11 is 6.07. The van der Waals surface area contributed by atoms with E-state index in [1.807, 2.05) is 6.92 Å². The van der Waals surface area contributed by atoms with Crippen molar-refractivity contribution in [3.8, 4) is 0 Å². The Hall–Kier alpha value is -2.07. The number of hydrogen-bond donors (Lipinski definition) is 2. The van der Waals surface area contributed by atoms with Gasteiger partial charge < -0.3 is 10.3 Å². The highest BCUT2D eigenvalue weighted by molar-refractivity contribution is 6.31. The van der Waals surface area contributed by atoms with Crippen molar-refractivity contribution in [3.63, 3.8) is 0 Å². The predicted octanol–water partition coefficient (Wildman–Crippen LogP) is 3.71. The number of anilines is 1. The van der Waals surface area contributed by atoms with E-state index in [0.717, 1.165) is 36.1 Å². The number of aromatic amines is 1. The molecule has 1 atom stereocenters. The van der Waals surface area contributed by atoms with Crippen LogP contribution in [0.1, 0.15) is 40.5 Å². The van der Waals surface area contributed by atoms with Gasteiger partial charge in [0.25, 0.3) is 11.5 Å². The summed E-state index contributed by atoms with van der Waals surface area (Å²) in [6, 6.07) is 7.04. The van der Waals surface area contributed by atoms with Gasteiger partial charge in [0.2, 0.25) is 0 Å². The van der Waals surface area contributed by atoms with Crippen molar-refractivity contribution in [2.24, 2.45) is 5.92 Å². The molecule has 0 saturated carbocycles. The molecule has 0 aliphatic heterocycles. The van der Waals surface area contributed by atoms with Crippen LogP contribution in [-0.4, -0.2) is 10.9 Å². The lowest BCUT2D eigenvalue weighted by Crippen LogP contribution is -2.27. The Labute approximate surface area is 139 Å². The van der Waals surface area contributed by atoms with Crippen LogP contribution in [0.3, 0.4) is 0 Å². The first kappa shape index (κ1) is 15.8. The lowest BCUT2D eigenvalue weighted by molar-refractivity contribution is 0.102. The van der Waals surface area contributed by atoms with Gasteiger partial charge in [-0.05, 0) is 61.4 Å². The largest absolute Gasteiger partial charge is 0.325 e. The quantitative estimate of drug-likeness (QED) is 0.881. The van der Waals surface area contributed by atoms with Gasteiger partial charge in [-0.25, -0.2) is 0 Å². The first-order valence-electron chi connectivity index (χ1n) is 7.77. The molecule has 4 nitrogen and oxygen atoms in total. The van der Waals surface area contributed by atoms with Gasteiger partial charge in [-0.15, -0.1) is 0 Å². The lowest BCUT2D eigenvalue weighted by atomic mass is 9.87. The maximum atomic E-state index is 12.5. The number of fused-ring (bicyclic) bond motifs is 1. The summed E-state index contributed by atoms with van der Waals surface area (Å²) < 4.78 is 0. The molecule has 0 spiro atoms. The smallest absolute Gasteiger partial charge is 0.261 e. The summed E-state index contributed by atoms with van der Waals surface area (Å²) in [4.78, 5) is 27.6. The second-order valence-electron chi connectivity index (χ2n) is 6.23. The van der Waals surface area contributed by atoms with Crippen LogP contribution in [0.15, 0.2) is 29.1 Å². The van der Waals surface area contributed by atoms with Gasteiger partial charge in [-0.1, -0.05) is 24.6 Å². The molecular formula is C18H19ClN2O2. The molecule has 1 amide bonds. The van der Waals surface area contributed by atoms with Crippen molar-refractivity contribution in [1.29, 1.82) is 0 Å². The van der Waals surface area contributed by atoms with Gasteiger partial charge >= 0.3 is 0 Å². The number of carbonyl (C=O) groups excluding carboxylic acids is 1. The van der Waals surface area contributed by atoms with E-state index in [1.165, 1.54) is 0 Å². The van der Waals surface area contributed by atoms with Crippen molar-refractivity contribution in [2.75, 3.05) is 5.32 Å². The van der Waals surface area contributed by atoms with Crippen LogP contribution in [0.2, 0.25) is 5.02 Å². The molecule has 0 bridgehead atoms. The minimum absolute atomic E-state index is 0.150. The number of halogens is 1. The van der Waals surface area contributed by atoms with Gasteiger partial charge in [0.15, 0.2) is 0 Å². The molecule has 1 aromatic carbocycles. The third-order valence-electron chi connectivity index (χ3n) is 4.43. The van der Waals surface area contributed by atoms with Crippen LogP contribution in [0.5, 0.6) is 0 Å². The summed E-state index contributed by atoms with van der Waals surface area (Å²) in [5.74, 6) is 0.164. The molecule has 1 aliphatic rings. The summed E-state index contributed by atoms with van der Waals surface area (Å²) in [7, 11) is 0. The number of benzene rings is 1. The van der Waals surface area contributed by atoms with Crippen molar-refractivity contribution >= 4 is 23.2 Å². The first-order valence-corrected chi connectivity index (χ1v) is 8.15. The fourth-order valence-electron chi connectivity index (χ4n) is 2.99. The minimum Gasteiger partial charge on any atom is -0.325 e. The molecule has 1 unspecified atom stereocenters. The standard InChI is InChI=1S/C18H19ClN2O2/c1-10-6-7-16-12(8-10)9-13(18(23)21-16)17(22)20-15-5-3-4-14(19)11(15)2/h3-5,9-10H,6-8H2,1-2H3,(H,20,22)(H,21,23). The van der Waals surface area contributed by atoms with Crippen molar-refractivity contribution < 1.29 is 4.79 Å². The Morgan fingerprint density at radius 2 is 2.17 bits per heavy atom. The molecule has 23 heavy (non-hydrogen) atoms. The molecule has 1 heterocycles. The molecule has 0 saturated heterocycles. The Bertz CT molecular complexity index is 826. The number of rotatable bonds is 2. The normalized spacial score (nSPS) is 16.7. The fourth-order valence-corrected chi connectivity index (χ4v) is 3.16. The third kappa shape index (κ3) is 3.17. The summed E-state index contributed by atoms with van der Waals surface area (Å²) in [5, 5.41) is 3.36. The number of carbonyl (C=O) groups is 1. The predicted molar refractivity (Wildman–Crippen MR) is 92.4 cm³/mol. The molecular weight excluding hydrogens is 312 g/mol. The number of H-pyrrole nitrogens is 1. The zero-order chi connectivity index (χ0) is 16.6. The summed E-state index contributed by atoms with van der Waals surface area (Å²) in [6.45, 7) is 4.01. The lowest BCUT2D eigenvalue weighted by Gasteiger charge is -2.21. The van der Waals surface area contributed by atoms with E-state index in [4.69, 9.17) is 11.6 Å². The third-order valence-corrected chi connectivity index (χ3v) is 4.84. The van der Waals surface area contributed by atoms with Gasteiger partial charge in [-0.2, -0.15) is 0 Å². The van der Waals surface area contributed by atoms with Gasteiger partial charge in [0.05, 0.1) is 0 Å². The van der Waals surface area contributed by atoms with E-state index >= 15 is 0 Å². The van der Waals surface area contributed by atoms with E-state index in [-0.39, 0.29) is 11.1 Å². The van der Waals surface area contributed by atoms with Gasteiger partial charge in [0, 0.05) is 16.4 Å². The topological polar surface area (TPSA) is 62.0 Å². The monoisotopic (exact) mass is 330 g/mol. The van der Waals surface area contributed by atoms with Crippen LogP contribution in [0.25, 0.3) is 0 Å². The second-order valence-corrected chi connectivity index (χ2v) is 6.64. The summed E-state index contributed by atoms with van der Waals surface area (Å²) in [5.41, 5.74) is 3.24. The van der Waals surface area contributed by atoms with Crippen molar-refractivity contribution in [1.82, 2.24) is 4.98 Å². The number of aryl methyl sites for hydroxylation is 1. The number of aromatic nitrogens is 1. The van der Waals surface area contributed by atoms with Crippen LogP contribution in [0, 0.1) is 12.8 Å². The van der Waals surface area contributed by atoms with E-state index in [9.17, 15) is 9.59 Å². The molecule has 3 rings (SSSR count). The van der Waals surface area contributed by atoms with Crippen LogP contribution < -0.4 is 10.9 Å². The molecule has 5 heteroatoms. The molecule has 2 aromatic rings. The molecule has 1 aromatic heterocycles. The van der Waals surface area contributed by atoms with Crippen molar-refractivity contribution in [3.05, 3.63) is 62.0 Å². The van der Waals surface area contributed by atoms with E-state index in [0.29, 0.717) is 16.6 Å². The zero-order valence-electron chi connectivity index (χ0n) is 13.2. The van der Waals surface area contributed by atoms with Gasteiger partial charge in [-0.3, -0.25) is 9.59 Å². The average molecular weight is 331 g/mol. The van der Waals surface area contributed by atoms with E-state index in [2.05, 4.69) is 17.2 Å². The zero-order valence-corrected chi connectivity index (χ0v) is 14.0. The molecule has 1 aliphatic carbocycles. The summed E-state index contributed by atoms with van der Waals surface area (Å²) in [6.07, 6.45) is 2.82. The molecule has 2 N–H and O–H groups in total. The highest BCUT2D eigenvalue weighted by Crippen LogP contribution is 2.25. The number of nitrogens with one attached hydrogen (secondary N) is 2. The highest BCUT2D eigenvalue weighted by Gasteiger charge is 2.20. The number of amides is 1. The maximum Gasteiger partial charge on any atom is 0.261 e. The second kappa shape index (κ2) is 6.20. The SMILES string of the molecule is Cc1c(Cl)cccc1NC(=O)c1cc2c([nH]c1=O)CCC(C)C2. The van der Waals surface area contributed by atoms with Crippen LogP contribution >= 0.6 is 11.6 Å². The van der Waals surface area contributed by atoms with E-state index in [1.54, 1.807) is 24.3 Å². The van der Waals surface area contributed by atoms with Crippen molar-refractivity contribution in [2.45, 2.75) is 33.1 Å². The van der Waals surface area contributed by atoms with Gasteiger partial charge in [0.1, 0.15) is 5.56 Å². The molecule has 120 valence electrons. The Kier molecular flexibility index (Phi) is 4.26. The van der Waals surface area contributed by atoms with Crippen LogP contribution in [0.4, 0.5) is 5.69 Å². The fraction of sp³-hybridized carbons (Fsp3) is 0.333. The van der Waals surface area contributed by atoms with Crippen LogP contribution in [-0.2, 0) is 12.8 Å². The minimum atomic E-state index is -0.405. The maximum absolute atomic E-state index is 12.5. The number of pyridine rings is 1. The Morgan fingerprint density at radius 3 is 2.96 bits per heavy atom. The average Bonchev–Trinajstić information content (AvgIpc) is 2.51. The highest BCUT2D eigenvalue weighted by atomic mass is 35.5.